The fraction of sp³-hybridized carbons (Fsp3) is 1.00. The third-order valence-electron chi connectivity index (χ3n) is 4.45. The van der Waals surface area contributed by atoms with E-state index in [0.29, 0.717) is 0 Å². The summed E-state index contributed by atoms with van der Waals surface area (Å²) in [6.07, 6.45) is 14.3. The Bertz CT molecular complexity index is 161. The Balaban J connectivity index is 3.45. The highest BCUT2D eigenvalue weighted by molar-refractivity contribution is 4.62. The van der Waals surface area contributed by atoms with Gasteiger partial charge in [-0.1, -0.05) is 92.4 Å². The summed E-state index contributed by atoms with van der Waals surface area (Å²) in [5.41, 5.74) is 0. The van der Waals surface area contributed by atoms with Crippen molar-refractivity contribution in [1.82, 2.24) is 0 Å². The van der Waals surface area contributed by atoms with E-state index in [4.69, 9.17) is 0 Å². The molecule has 0 aromatic carbocycles. The number of rotatable bonds is 12. The Hall–Kier alpha value is 0. The van der Waals surface area contributed by atoms with Crippen LogP contribution < -0.4 is 0 Å². The van der Waals surface area contributed by atoms with Gasteiger partial charge < -0.3 is 0 Å². The van der Waals surface area contributed by atoms with Crippen LogP contribution in [-0.4, -0.2) is 0 Å². The predicted octanol–water partition coefficient (Wildman–Crippen LogP) is 6.84. The lowest BCUT2D eigenvalue weighted by molar-refractivity contribution is 0.348. The van der Waals surface area contributed by atoms with E-state index < -0.39 is 0 Å². The molecule has 3 unspecified atom stereocenters. The Morgan fingerprint density at radius 3 is 1.72 bits per heavy atom. The van der Waals surface area contributed by atoms with Gasteiger partial charge in [0, 0.05) is 0 Å². The van der Waals surface area contributed by atoms with Crippen LogP contribution in [0.5, 0.6) is 0 Å². The maximum Gasteiger partial charge on any atom is -0.0440 e. The highest BCUT2D eigenvalue weighted by Crippen LogP contribution is 2.23. The van der Waals surface area contributed by atoms with E-state index in [1.54, 1.807) is 0 Å². The first-order valence-corrected chi connectivity index (χ1v) is 8.60. The Kier molecular flexibility index (Phi) is 12.1. The maximum atomic E-state index is 2.46. The van der Waals surface area contributed by atoms with E-state index in [1.807, 2.05) is 0 Å². The molecule has 0 amide bonds. The van der Waals surface area contributed by atoms with Crippen LogP contribution in [0.4, 0.5) is 0 Å². The van der Waals surface area contributed by atoms with Crippen LogP contribution in [0.2, 0.25) is 0 Å². The molecule has 0 saturated heterocycles. The molecule has 0 fully saturated rings. The molecular weight excluding hydrogens is 216 g/mol. The highest BCUT2D eigenvalue weighted by Gasteiger charge is 2.09. The zero-order chi connectivity index (χ0) is 13.8. The standard InChI is InChI=1S/C18H38/c1-6-8-9-10-12-17(4)15-18(5)14-11-13-16(3)7-2/h16-18H,6-15H2,1-5H3. The van der Waals surface area contributed by atoms with E-state index in [9.17, 15) is 0 Å². The molecule has 0 aliphatic carbocycles. The SMILES string of the molecule is CCCCCCC(C)CC(C)CCCC(C)CC. The lowest BCUT2D eigenvalue weighted by atomic mass is 9.88. The molecule has 18 heavy (non-hydrogen) atoms. The first-order valence-electron chi connectivity index (χ1n) is 8.60. The van der Waals surface area contributed by atoms with Crippen LogP contribution in [0.25, 0.3) is 0 Å². The second-order valence-corrected chi connectivity index (χ2v) is 6.74. The van der Waals surface area contributed by atoms with Gasteiger partial charge in [-0.15, -0.1) is 0 Å². The zero-order valence-electron chi connectivity index (χ0n) is 13.8. The van der Waals surface area contributed by atoms with Crippen LogP contribution in [0.1, 0.15) is 98.8 Å². The quantitative estimate of drug-likeness (QED) is 0.335. The lowest BCUT2D eigenvalue weighted by Crippen LogP contribution is -2.04. The number of hydrogen-bond acceptors (Lipinski definition) is 0. The van der Waals surface area contributed by atoms with Crippen LogP contribution in [0.3, 0.4) is 0 Å². The van der Waals surface area contributed by atoms with Crippen LogP contribution in [0.15, 0.2) is 0 Å². The van der Waals surface area contributed by atoms with Crippen LogP contribution >= 0.6 is 0 Å². The van der Waals surface area contributed by atoms with Gasteiger partial charge >= 0.3 is 0 Å². The molecule has 0 bridgehead atoms. The van der Waals surface area contributed by atoms with Gasteiger partial charge in [-0.25, -0.2) is 0 Å². The lowest BCUT2D eigenvalue weighted by Gasteiger charge is -2.18. The summed E-state index contributed by atoms with van der Waals surface area (Å²) in [6.45, 7) is 11.9. The van der Waals surface area contributed by atoms with Crippen molar-refractivity contribution in [3.8, 4) is 0 Å². The monoisotopic (exact) mass is 254 g/mol. The van der Waals surface area contributed by atoms with Gasteiger partial charge in [0.1, 0.15) is 0 Å². The zero-order valence-corrected chi connectivity index (χ0v) is 13.8. The third-order valence-corrected chi connectivity index (χ3v) is 4.45. The van der Waals surface area contributed by atoms with Gasteiger partial charge in [-0.3, -0.25) is 0 Å². The van der Waals surface area contributed by atoms with Gasteiger partial charge in [0.15, 0.2) is 0 Å². The second-order valence-electron chi connectivity index (χ2n) is 6.74. The minimum absolute atomic E-state index is 0.934. The highest BCUT2D eigenvalue weighted by atomic mass is 14.1. The minimum Gasteiger partial charge on any atom is -0.0654 e. The third kappa shape index (κ3) is 11.1. The summed E-state index contributed by atoms with van der Waals surface area (Å²) in [4.78, 5) is 0. The topological polar surface area (TPSA) is 0 Å². The van der Waals surface area contributed by atoms with Gasteiger partial charge in [0.2, 0.25) is 0 Å². The molecule has 0 aliphatic rings. The molecule has 0 radical (unpaired) electrons. The van der Waals surface area contributed by atoms with Crippen molar-refractivity contribution < 1.29 is 0 Å². The van der Waals surface area contributed by atoms with Crippen molar-refractivity contribution in [2.45, 2.75) is 98.8 Å². The van der Waals surface area contributed by atoms with Crippen molar-refractivity contribution in [3.05, 3.63) is 0 Å². The molecule has 0 spiro atoms. The van der Waals surface area contributed by atoms with E-state index >= 15 is 0 Å². The molecule has 0 aliphatic heterocycles. The van der Waals surface area contributed by atoms with Crippen molar-refractivity contribution in [2.24, 2.45) is 17.8 Å². The largest absolute Gasteiger partial charge is 0.0654 e. The van der Waals surface area contributed by atoms with Crippen molar-refractivity contribution in [2.75, 3.05) is 0 Å². The van der Waals surface area contributed by atoms with Gasteiger partial charge in [-0.05, 0) is 24.2 Å². The number of unbranched alkanes of at least 4 members (excludes halogenated alkanes) is 3. The van der Waals surface area contributed by atoms with Crippen molar-refractivity contribution in [1.29, 1.82) is 0 Å². The molecular formula is C18H38. The molecule has 0 aromatic rings. The van der Waals surface area contributed by atoms with Crippen LogP contribution in [-0.2, 0) is 0 Å². The summed E-state index contributed by atoms with van der Waals surface area (Å²) in [6, 6.07) is 0. The molecule has 0 rings (SSSR count). The first-order chi connectivity index (χ1) is 8.60. The van der Waals surface area contributed by atoms with E-state index in [2.05, 4.69) is 34.6 Å². The summed E-state index contributed by atoms with van der Waals surface area (Å²) < 4.78 is 0. The normalized spacial score (nSPS) is 16.5. The molecule has 0 nitrogen and oxygen atoms in total. The molecule has 3 atom stereocenters. The fourth-order valence-corrected chi connectivity index (χ4v) is 2.86. The van der Waals surface area contributed by atoms with Gasteiger partial charge in [-0.2, -0.15) is 0 Å². The Morgan fingerprint density at radius 2 is 1.17 bits per heavy atom. The Labute approximate surface area is 117 Å². The summed E-state index contributed by atoms with van der Waals surface area (Å²) >= 11 is 0. The fourth-order valence-electron chi connectivity index (χ4n) is 2.86. The smallest absolute Gasteiger partial charge is 0.0440 e. The van der Waals surface area contributed by atoms with Crippen molar-refractivity contribution in [3.63, 3.8) is 0 Å². The predicted molar refractivity (Wildman–Crippen MR) is 85.0 cm³/mol. The summed E-state index contributed by atoms with van der Waals surface area (Å²) in [5, 5.41) is 0. The molecule has 0 aromatic heterocycles. The average Bonchev–Trinajstić information content (AvgIpc) is 2.34. The molecule has 0 heteroatoms. The maximum absolute atomic E-state index is 2.46. The van der Waals surface area contributed by atoms with E-state index in [-0.39, 0.29) is 0 Å². The van der Waals surface area contributed by atoms with Crippen molar-refractivity contribution >= 4 is 0 Å². The van der Waals surface area contributed by atoms with Gasteiger partial charge in [0.05, 0.1) is 0 Å². The molecule has 0 N–H and O–H groups in total. The number of hydrogen-bond donors (Lipinski definition) is 0. The molecule has 0 heterocycles. The van der Waals surface area contributed by atoms with Gasteiger partial charge in [0.25, 0.3) is 0 Å². The summed E-state index contributed by atoms with van der Waals surface area (Å²) in [7, 11) is 0. The Morgan fingerprint density at radius 1 is 0.611 bits per heavy atom. The van der Waals surface area contributed by atoms with E-state index in [1.165, 1.54) is 64.2 Å². The summed E-state index contributed by atoms with van der Waals surface area (Å²) in [5.74, 6) is 2.82. The molecule has 110 valence electrons. The van der Waals surface area contributed by atoms with Crippen LogP contribution in [0, 0.1) is 17.8 Å². The minimum atomic E-state index is 0.934. The first kappa shape index (κ1) is 18.0. The average molecular weight is 255 g/mol. The second kappa shape index (κ2) is 12.1. The van der Waals surface area contributed by atoms with E-state index in [0.717, 1.165) is 17.8 Å². The molecule has 0 saturated carbocycles.